The van der Waals surface area contributed by atoms with Gasteiger partial charge < -0.3 is 4.57 Å². The summed E-state index contributed by atoms with van der Waals surface area (Å²) < 4.78 is 12.1. The molecule has 0 saturated carbocycles. The first-order chi connectivity index (χ1) is 6.88. The van der Waals surface area contributed by atoms with E-state index in [-0.39, 0.29) is 0 Å². The molecule has 0 N–H and O–H groups in total. The third-order valence-electron chi connectivity index (χ3n) is 2.61. The standard InChI is InChI=1S/C12H15OP/c13-14(11-7-3-1-4-8-11)12-9-5-2-6-10-12/h1-3,5,7,9,14H,4,6,8,10H2. The van der Waals surface area contributed by atoms with Crippen LogP contribution in [-0.2, 0) is 4.57 Å². The Morgan fingerprint density at radius 3 is 1.79 bits per heavy atom. The average Bonchev–Trinajstić information content (AvgIpc) is 2.30. The normalized spacial score (nSPS) is 20.9. The van der Waals surface area contributed by atoms with Crippen molar-refractivity contribution in [1.82, 2.24) is 0 Å². The second-order valence-electron chi connectivity index (χ2n) is 3.65. The highest BCUT2D eigenvalue weighted by molar-refractivity contribution is 7.54. The number of hydrogen-bond donors (Lipinski definition) is 0. The lowest BCUT2D eigenvalue weighted by atomic mass is 10.2. The molecule has 0 aromatic carbocycles. The zero-order chi connectivity index (χ0) is 9.80. The van der Waals surface area contributed by atoms with Crippen LogP contribution in [0, 0.1) is 0 Å². The fraction of sp³-hybridized carbons (Fsp3) is 0.333. The van der Waals surface area contributed by atoms with Gasteiger partial charge in [-0.1, -0.05) is 36.5 Å². The van der Waals surface area contributed by atoms with Crippen LogP contribution < -0.4 is 0 Å². The second-order valence-corrected chi connectivity index (χ2v) is 5.59. The van der Waals surface area contributed by atoms with E-state index in [0.29, 0.717) is 0 Å². The van der Waals surface area contributed by atoms with Gasteiger partial charge in [0, 0.05) is 0 Å². The molecule has 0 saturated heterocycles. The summed E-state index contributed by atoms with van der Waals surface area (Å²) in [5, 5.41) is 2.30. The fourth-order valence-electron chi connectivity index (χ4n) is 1.79. The van der Waals surface area contributed by atoms with Crippen LogP contribution in [0.2, 0.25) is 0 Å². The van der Waals surface area contributed by atoms with Crippen molar-refractivity contribution in [3.05, 3.63) is 47.1 Å². The predicted molar refractivity (Wildman–Crippen MR) is 61.9 cm³/mol. The van der Waals surface area contributed by atoms with Crippen molar-refractivity contribution < 1.29 is 4.57 Å². The SMILES string of the molecule is O=[PH](C1=CC=CCC1)C1=CC=CCC1. The Morgan fingerprint density at radius 1 is 0.929 bits per heavy atom. The third kappa shape index (κ3) is 2.16. The number of allylic oxidation sites excluding steroid dienone is 8. The molecule has 0 aliphatic heterocycles. The molecule has 0 unspecified atom stereocenters. The van der Waals surface area contributed by atoms with E-state index in [4.69, 9.17) is 0 Å². The minimum atomic E-state index is -1.62. The van der Waals surface area contributed by atoms with Gasteiger partial charge in [0.1, 0.15) is 7.80 Å². The predicted octanol–water partition coefficient (Wildman–Crippen LogP) is 4.01. The first-order valence-corrected chi connectivity index (χ1v) is 6.55. The van der Waals surface area contributed by atoms with Crippen molar-refractivity contribution in [3.8, 4) is 0 Å². The Morgan fingerprint density at radius 2 is 1.43 bits per heavy atom. The van der Waals surface area contributed by atoms with Crippen LogP contribution in [0.3, 0.4) is 0 Å². The summed E-state index contributed by atoms with van der Waals surface area (Å²) in [6, 6.07) is 0. The van der Waals surface area contributed by atoms with E-state index in [1.807, 2.05) is 24.3 Å². The van der Waals surface area contributed by atoms with E-state index in [2.05, 4.69) is 12.2 Å². The maximum atomic E-state index is 12.1. The summed E-state index contributed by atoms with van der Waals surface area (Å²) >= 11 is 0. The average molecular weight is 206 g/mol. The van der Waals surface area contributed by atoms with Gasteiger partial charge in [-0.05, 0) is 36.3 Å². The molecule has 0 aromatic heterocycles. The van der Waals surface area contributed by atoms with Crippen molar-refractivity contribution in [2.24, 2.45) is 0 Å². The molecule has 2 aliphatic carbocycles. The van der Waals surface area contributed by atoms with Crippen molar-refractivity contribution in [3.63, 3.8) is 0 Å². The first kappa shape index (κ1) is 9.73. The van der Waals surface area contributed by atoms with Crippen molar-refractivity contribution in [1.29, 1.82) is 0 Å². The van der Waals surface area contributed by atoms with Crippen LogP contribution in [0.25, 0.3) is 0 Å². The topological polar surface area (TPSA) is 17.1 Å². The summed E-state index contributed by atoms with van der Waals surface area (Å²) in [4.78, 5) is 0. The molecule has 2 heteroatoms. The molecule has 0 heterocycles. The third-order valence-corrected chi connectivity index (χ3v) is 4.61. The van der Waals surface area contributed by atoms with Gasteiger partial charge in [0.15, 0.2) is 0 Å². The summed E-state index contributed by atoms with van der Waals surface area (Å²) in [5.74, 6) is 0. The lowest BCUT2D eigenvalue weighted by molar-refractivity contribution is 0.592. The van der Waals surface area contributed by atoms with E-state index in [1.54, 1.807) is 0 Å². The van der Waals surface area contributed by atoms with Crippen molar-refractivity contribution >= 4 is 7.80 Å². The van der Waals surface area contributed by atoms with E-state index < -0.39 is 7.80 Å². The van der Waals surface area contributed by atoms with Crippen LogP contribution in [0.4, 0.5) is 0 Å². The Bertz CT molecular complexity index is 325. The minimum absolute atomic E-state index is 0.981. The zero-order valence-electron chi connectivity index (χ0n) is 8.20. The molecule has 0 aromatic rings. The summed E-state index contributed by atoms with van der Waals surface area (Å²) in [5.41, 5.74) is 0. The van der Waals surface area contributed by atoms with E-state index in [9.17, 15) is 4.57 Å². The molecular formula is C12H15OP. The Hall–Kier alpha value is -0.810. The van der Waals surface area contributed by atoms with Gasteiger partial charge in [0.25, 0.3) is 0 Å². The summed E-state index contributed by atoms with van der Waals surface area (Å²) in [6.07, 6.45) is 16.4. The van der Waals surface area contributed by atoms with Gasteiger partial charge in [0.05, 0.1) is 0 Å². The Balaban J connectivity index is 2.14. The largest absolute Gasteiger partial charge is 0.318 e. The summed E-state index contributed by atoms with van der Waals surface area (Å²) in [7, 11) is -1.62. The van der Waals surface area contributed by atoms with E-state index in [1.165, 1.54) is 0 Å². The lowest BCUT2D eigenvalue weighted by Gasteiger charge is -2.13. The maximum Gasteiger partial charge on any atom is 0.124 e. The van der Waals surface area contributed by atoms with Crippen LogP contribution in [0.5, 0.6) is 0 Å². The van der Waals surface area contributed by atoms with Crippen LogP contribution in [0.1, 0.15) is 25.7 Å². The lowest BCUT2D eigenvalue weighted by Crippen LogP contribution is -1.87. The Labute approximate surface area is 85.7 Å². The molecule has 2 aliphatic rings. The van der Waals surface area contributed by atoms with Gasteiger partial charge in [0.2, 0.25) is 0 Å². The highest BCUT2D eigenvalue weighted by atomic mass is 31.1. The highest BCUT2D eigenvalue weighted by Gasteiger charge is 2.13. The zero-order valence-corrected chi connectivity index (χ0v) is 9.20. The highest BCUT2D eigenvalue weighted by Crippen LogP contribution is 2.47. The smallest absolute Gasteiger partial charge is 0.124 e. The van der Waals surface area contributed by atoms with E-state index >= 15 is 0 Å². The van der Waals surface area contributed by atoms with Crippen molar-refractivity contribution in [2.45, 2.75) is 25.7 Å². The molecule has 0 radical (unpaired) electrons. The molecule has 0 bridgehead atoms. The summed E-state index contributed by atoms with van der Waals surface area (Å²) in [6.45, 7) is 0. The minimum Gasteiger partial charge on any atom is -0.318 e. The van der Waals surface area contributed by atoms with Gasteiger partial charge in [-0.15, -0.1) is 0 Å². The van der Waals surface area contributed by atoms with Gasteiger partial charge in [-0.2, -0.15) is 0 Å². The Kier molecular flexibility index (Phi) is 3.21. The van der Waals surface area contributed by atoms with Crippen molar-refractivity contribution in [2.75, 3.05) is 0 Å². The van der Waals surface area contributed by atoms with Gasteiger partial charge in [-0.3, -0.25) is 0 Å². The molecule has 0 amide bonds. The second kappa shape index (κ2) is 4.61. The molecular weight excluding hydrogens is 191 g/mol. The molecule has 14 heavy (non-hydrogen) atoms. The maximum absolute atomic E-state index is 12.1. The first-order valence-electron chi connectivity index (χ1n) is 5.14. The van der Waals surface area contributed by atoms with E-state index in [0.717, 1.165) is 36.3 Å². The molecule has 1 nitrogen and oxygen atoms in total. The molecule has 0 spiro atoms. The molecule has 2 rings (SSSR count). The van der Waals surface area contributed by atoms with Gasteiger partial charge in [-0.25, -0.2) is 0 Å². The van der Waals surface area contributed by atoms with Crippen LogP contribution in [0.15, 0.2) is 47.1 Å². The number of hydrogen-bond acceptors (Lipinski definition) is 1. The monoisotopic (exact) mass is 206 g/mol. The van der Waals surface area contributed by atoms with Gasteiger partial charge >= 0.3 is 0 Å². The quantitative estimate of drug-likeness (QED) is 0.624. The van der Waals surface area contributed by atoms with Crippen LogP contribution >= 0.6 is 7.80 Å². The molecule has 0 atom stereocenters. The van der Waals surface area contributed by atoms with Crippen LogP contribution in [-0.4, -0.2) is 0 Å². The fourth-order valence-corrected chi connectivity index (χ4v) is 3.44. The number of rotatable bonds is 2. The molecule has 74 valence electrons. The molecule has 0 fully saturated rings.